The van der Waals surface area contributed by atoms with Crippen molar-refractivity contribution in [1.82, 2.24) is 4.90 Å². The minimum atomic E-state index is -1.23. The molecule has 1 atom stereocenters. The first-order chi connectivity index (χ1) is 17.1. The number of carboxylic acids is 1. The Morgan fingerprint density at radius 1 is 1.08 bits per heavy atom. The summed E-state index contributed by atoms with van der Waals surface area (Å²) in [5, 5.41) is 9.89. The van der Waals surface area contributed by atoms with E-state index in [1.54, 1.807) is 0 Å². The molecular weight excluding hydrogens is 488 g/mol. The quantitative estimate of drug-likeness (QED) is 0.404. The van der Waals surface area contributed by atoms with Gasteiger partial charge in [0.2, 0.25) is 5.91 Å². The molecule has 36 heavy (non-hydrogen) atoms. The number of nitrogens with zero attached hydrogens (tertiary/aromatic N) is 1. The molecule has 3 aromatic rings. The largest absolute Gasteiger partial charge is 0.487 e. The average Bonchev–Trinajstić information content (AvgIpc) is 3.16. The van der Waals surface area contributed by atoms with Gasteiger partial charge in [-0.25, -0.2) is 8.78 Å². The molecule has 0 radical (unpaired) electrons. The van der Waals surface area contributed by atoms with E-state index in [9.17, 15) is 23.5 Å². The summed E-state index contributed by atoms with van der Waals surface area (Å²) in [6, 6.07) is 17.1. The van der Waals surface area contributed by atoms with E-state index in [4.69, 9.17) is 16.3 Å². The molecule has 3 aromatic carbocycles. The highest BCUT2D eigenvalue weighted by atomic mass is 35.5. The zero-order chi connectivity index (χ0) is 25.9. The average molecular weight is 514 g/mol. The van der Waals surface area contributed by atoms with Crippen molar-refractivity contribution < 1.29 is 28.2 Å². The van der Waals surface area contributed by atoms with E-state index < -0.39 is 35.7 Å². The topological polar surface area (TPSA) is 66.8 Å². The number of hydrogen-bond donors (Lipinski definition) is 1. The molecule has 0 saturated heterocycles. The number of hydrogen-bond acceptors (Lipinski definition) is 3. The van der Waals surface area contributed by atoms with Crippen molar-refractivity contribution in [2.24, 2.45) is 0 Å². The molecule has 1 amide bonds. The Labute approximate surface area is 213 Å². The molecule has 0 saturated carbocycles. The number of benzene rings is 3. The lowest BCUT2D eigenvalue weighted by Crippen LogP contribution is -2.35. The number of amides is 1. The first-order valence-electron chi connectivity index (χ1n) is 11.6. The molecule has 8 heteroatoms. The van der Waals surface area contributed by atoms with Crippen molar-refractivity contribution in [3.8, 4) is 5.75 Å². The van der Waals surface area contributed by atoms with Crippen LogP contribution in [0.1, 0.15) is 35.6 Å². The van der Waals surface area contributed by atoms with Gasteiger partial charge in [-0.3, -0.25) is 9.59 Å². The summed E-state index contributed by atoms with van der Waals surface area (Å²) in [5.41, 5.74) is 2.60. The van der Waals surface area contributed by atoms with Crippen molar-refractivity contribution in [2.75, 3.05) is 6.54 Å². The van der Waals surface area contributed by atoms with Gasteiger partial charge in [0.15, 0.2) is 11.6 Å². The Balaban J connectivity index is 1.40. The fraction of sp³-hybridized carbons (Fsp3) is 0.286. The van der Waals surface area contributed by atoms with E-state index in [2.05, 4.69) is 6.92 Å². The Bertz CT molecular complexity index is 1280. The van der Waals surface area contributed by atoms with Gasteiger partial charge < -0.3 is 14.7 Å². The number of rotatable bonds is 9. The maximum Gasteiger partial charge on any atom is 0.323 e. The summed E-state index contributed by atoms with van der Waals surface area (Å²) in [4.78, 5) is 25.1. The Kier molecular flexibility index (Phi) is 7.59. The van der Waals surface area contributed by atoms with Crippen LogP contribution in [0.2, 0.25) is 5.02 Å². The van der Waals surface area contributed by atoms with Gasteiger partial charge in [0.05, 0.1) is 0 Å². The lowest BCUT2D eigenvalue weighted by molar-refractivity contribution is -0.144. The van der Waals surface area contributed by atoms with Crippen LogP contribution in [-0.2, 0) is 35.4 Å². The molecule has 4 rings (SSSR count). The Morgan fingerprint density at radius 3 is 2.53 bits per heavy atom. The molecule has 1 heterocycles. The maximum absolute atomic E-state index is 14.1. The van der Waals surface area contributed by atoms with Crippen LogP contribution in [-0.4, -0.2) is 34.0 Å². The SMILES string of the molecule is CC1(Cc2ccc(Cl)cc2)Cc2cc(CCC(=O)N(CC(=O)O)Cc3cccc(F)c3F)ccc2O1. The fourth-order valence-electron chi connectivity index (χ4n) is 4.54. The van der Waals surface area contributed by atoms with Crippen LogP contribution in [0.4, 0.5) is 8.78 Å². The van der Waals surface area contributed by atoms with Crippen LogP contribution in [0.3, 0.4) is 0 Å². The van der Waals surface area contributed by atoms with Crippen molar-refractivity contribution in [3.05, 3.63) is 99.6 Å². The minimum Gasteiger partial charge on any atom is -0.487 e. The highest BCUT2D eigenvalue weighted by molar-refractivity contribution is 6.30. The Morgan fingerprint density at radius 2 is 1.81 bits per heavy atom. The van der Waals surface area contributed by atoms with Crippen LogP contribution < -0.4 is 4.74 Å². The van der Waals surface area contributed by atoms with Gasteiger partial charge in [0, 0.05) is 36.4 Å². The van der Waals surface area contributed by atoms with Crippen molar-refractivity contribution in [3.63, 3.8) is 0 Å². The highest BCUT2D eigenvalue weighted by Crippen LogP contribution is 2.37. The molecule has 0 aliphatic carbocycles. The summed E-state index contributed by atoms with van der Waals surface area (Å²) in [5.74, 6) is -3.00. The molecule has 0 bridgehead atoms. The summed E-state index contributed by atoms with van der Waals surface area (Å²) in [6.45, 7) is 1.13. The van der Waals surface area contributed by atoms with Gasteiger partial charge in [0.1, 0.15) is 17.9 Å². The molecule has 5 nitrogen and oxygen atoms in total. The lowest BCUT2D eigenvalue weighted by Gasteiger charge is -2.24. The molecule has 0 spiro atoms. The van der Waals surface area contributed by atoms with Gasteiger partial charge in [0.25, 0.3) is 0 Å². The smallest absolute Gasteiger partial charge is 0.323 e. The first-order valence-corrected chi connectivity index (χ1v) is 12.0. The minimum absolute atomic E-state index is 0.0336. The fourth-order valence-corrected chi connectivity index (χ4v) is 4.67. The molecule has 1 N–H and O–H groups in total. The predicted molar refractivity (Wildman–Crippen MR) is 132 cm³/mol. The van der Waals surface area contributed by atoms with Crippen LogP contribution in [0, 0.1) is 11.6 Å². The standard InChI is InChI=1S/C28H26ClF2NO4/c1-28(14-19-5-9-22(29)10-6-19)15-21-13-18(7-11-24(21)36-28)8-12-25(33)32(17-26(34)35)16-20-3-2-4-23(30)27(20)31/h2-7,9-11,13H,8,12,14-17H2,1H3,(H,34,35). The maximum atomic E-state index is 14.1. The van der Waals surface area contributed by atoms with Crippen LogP contribution in [0.15, 0.2) is 60.7 Å². The van der Waals surface area contributed by atoms with Gasteiger partial charge in [-0.2, -0.15) is 0 Å². The third-order valence-corrected chi connectivity index (χ3v) is 6.49. The summed E-state index contributed by atoms with van der Waals surface area (Å²) in [6.07, 6.45) is 1.83. The number of carbonyl (C=O) groups excluding carboxylic acids is 1. The Hall–Kier alpha value is -3.45. The zero-order valence-corrected chi connectivity index (χ0v) is 20.5. The van der Waals surface area contributed by atoms with Crippen molar-refractivity contribution in [1.29, 1.82) is 0 Å². The third-order valence-electron chi connectivity index (χ3n) is 6.24. The number of carbonyl (C=O) groups is 2. The van der Waals surface area contributed by atoms with Crippen LogP contribution >= 0.6 is 11.6 Å². The monoisotopic (exact) mass is 513 g/mol. The lowest BCUT2D eigenvalue weighted by atomic mass is 9.91. The molecule has 1 aliphatic heterocycles. The van der Waals surface area contributed by atoms with Crippen molar-refractivity contribution in [2.45, 2.75) is 44.8 Å². The molecule has 0 fully saturated rings. The first kappa shape index (κ1) is 25.6. The van der Waals surface area contributed by atoms with E-state index in [1.807, 2.05) is 42.5 Å². The van der Waals surface area contributed by atoms with Gasteiger partial charge >= 0.3 is 5.97 Å². The number of fused-ring (bicyclic) bond motifs is 1. The second kappa shape index (κ2) is 10.7. The molecule has 188 valence electrons. The van der Waals surface area contributed by atoms with Gasteiger partial charge in [-0.05, 0) is 54.3 Å². The molecule has 1 unspecified atom stereocenters. The van der Waals surface area contributed by atoms with E-state index in [-0.39, 0.29) is 18.5 Å². The van der Waals surface area contributed by atoms with Crippen LogP contribution in [0.25, 0.3) is 0 Å². The predicted octanol–water partition coefficient (Wildman–Crippen LogP) is 5.60. The number of ether oxygens (including phenoxy) is 1. The van der Waals surface area contributed by atoms with Gasteiger partial charge in [-0.1, -0.05) is 48.0 Å². The van der Waals surface area contributed by atoms with Gasteiger partial charge in [-0.15, -0.1) is 0 Å². The highest BCUT2D eigenvalue weighted by Gasteiger charge is 2.35. The molecule has 0 aromatic heterocycles. The van der Waals surface area contributed by atoms with E-state index in [1.165, 1.54) is 12.1 Å². The number of carboxylic acid groups (broad SMARTS) is 1. The van der Waals surface area contributed by atoms with E-state index >= 15 is 0 Å². The van der Waals surface area contributed by atoms with Crippen LogP contribution in [0.5, 0.6) is 5.75 Å². The zero-order valence-electron chi connectivity index (χ0n) is 19.8. The summed E-state index contributed by atoms with van der Waals surface area (Å²) >= 11 is 5.98. The molecular formula is C28H26ClF2NO4. The summed E-state index contributed by atoms with van der Waals surface area (Å²) < 4.78 is 33.9. The number of halogens is 3. The number of aryl methyl sites for hydroxylation is 1. The van der Waals surface area contributed by atoms with Crippen molar-refractivity contribution >= 4 is 23.5 Å². The molecule has 1 aliphatic rings. The second-order valence-corrected chi connectivity index (χ2v) is 9.77. The third kappa shape index (κ3) is 6.21. The van der Waals surface area contributed by atoms with E-state index in [0.717, 1.165) is 33.4 Å². The van der Waals surface area contributed by atoms with E-state index in [0.29, 0.717) is 24.3 Å². The second-order valence-electron chi connectivity index (χ2n) is 9.33. The normalized spacial score (nSPS) is 16.3. The number of aliphatic carboxylic acids is 1. The summed E-state index contributed by atoms with van der Waals surface area (Å²) in [7, 11) is 0.